The number of nitrogens with one attached hydrogen (secondary N) is 2. The average molecular weight is 459 g/mol. The number of hydrogen-bond donors (Lipinski definition) is 2. The lowest BCUT2D eigenvalue weighted by Crippen LogP contribution is -2.33. The molecule has 0 bridgehead atoms. The van der Waals surface area contributed by atoms with Crippen LogP contribution in [-0.4, -0.2) is 29.9 Å². The molecule has 1 aromatic heterocycles. The van der Waals surface area contributed by atoms with Crippen LogP contribution >= 0.6 is 0 Å². The van der Waals surface area contributed by atoms with Crippen LogP contribution in [0.2, 0.25) is 0 Å². The Labute approximate surface area is 187 Å². The number of nitrogens with zero attached hydrogens (tertiary/aromatic N) is 1. The predicted octanol–water partition coefficient (Wildman–Crippen LogP) is 3.85. The molecule has 0 spiro atoms. The van der Waals surface area contributed by atoms with Gasteiger partial charge in [-0.1, -0.05) is 6.07 Å². The fourth-order valence-corrected chi connectivity index (χ4v) is 2.76. The summed E-state index contributed by atoms with van der Waals surface area (Å²) in [6, 6.07) is 9.71. The van der Waals surface area contributed by atoms with E-state index in [-0.39, 0.29) is 12.2 Å². The number of pyridine rings is 1. The SMILES string of the molecule is CCOc1cc(C(=O)NCC(=O)Nc2ccc(F)c(F)c2F)ccc1OCc1cccnc1. The first-order valence-electron chi connectivity index (χ1n) is 9.89. The second-order valence-corrected chi connectivity index (χ2v) is 6.70. The Kier molecular flexibility index (Phi) is 7.85. The molecule has 3 aromatic rings. The number of amides is 2. The fraction of sp³-hybridized carbons (Fsp3) is 0.174. The van der Waals surface area contributed by atoms with E-state index in [0.29, 0.717) is 24.2 Å². The molecule has 33 heavy (non-hydrogen) atoms. The summed E-state index contributed by atoms with van der Waals surface area (Å²) in [7, 11) is 0. The number of carbonyl (C=O) groups is 2. The van der Waals surface area contributed by atoms with Crippen LogP contribution in [0, 0.1) is 17.5 Å². The summed E-state index contributed by atoms with van der Waals surface area (Å²) in [6.45, 7) is 1.83. The maximum atomic E-state index is 13.7. The largest absolute Gasteiger partial charge is 0.490 e. The van der Waals surface area contributed by atoms with Gasteiger partial charge < -0.3 is 20.1 Å². The zero-order chi connectivity index (χ0) is 23.8. The molecule has 0 aliphatic carbocycles. The summed E-state index contributed by atoms with van der Waals surface area (Å²) in [5.41, 5.74) is 0.506. The van der Waals surface area contributed by atoms with Crippen molar-refractivity contribution in [1.29, 1.82) is 0 Å². The van der Waals surface area contributed by atoms with Crippen LogP contribution in [0.25, 0.3) is 0 Å². The normalized spacial score (nSPS) is 10.4. The maximum absolute atomic E-state index is 13.7. The molecule has 7 nitrogen and oxygen atoms in total. The number of rotatable bonds is 9. The third kappa shape index (κ3) is 6.22. The Morgan fingerprint density at radius 3 is 2.55 bits per heavy atom. The summed E-state index contributed by atoms with van der Waals surface area (Å²) >= 11 is 0. The second-order valence-electron chi connectivity index (χ2n) is 6.70. The Hall–Kier alpha value is -4.08. The molecule has 10 heteroatoms. The highest BCUT2D eigenvalue weighted by atomic mass is 19.2. The average Bonchev–Trinajstić information content (AvgIpc) is 2.83. The van der Waals surface area contributed by atoms with Crippen molar-refractivity contribution in [2.24, 2.45) is 0 Å². The molecule has 0 radical (unpaired) electrons. The van der Waals surface area contributed by atoms with Crippen molar-refractivity contribution in [3.05, 3.63) is 83.4 Å². The van der Waals surface area contributed by atoms with Crippen LogP contribution in [0.4, 0.5) is 18.9 Å². The fourth-order valence-electron chi connectivity index (χ4n) is 2.76. The van der Waals surface area contributed by atoms with Gasteiger partial charge in [-0.3, -0.25) is 14.6 Å². The Balaban J connectivity index is 1.61. The number of hydrogen-bond acceptors (Lipinski definition) is 5. The Morgan fingerprint density at radius 2 is 1.82 bits per heavy atom. The monoisotopic (exact) mass is 459 g/mol. The van der Waals surface area contributed by atoms with Gasteiger partial charge in [0.2, 0.25) is 5.91 Å². The summed E-state index contributed by atoms with van der Waals surface area (Å²) in [5, 5.41) is 4.44. The van der Waals surface area contributed by atoms with Gasteiger partial charge in [0, 0.05) is 23.5 Å². The first-order valence-corrected chi connectivity index (χ1v) is 9.89. The summed E-state index contributed by atoms with van der Waals surface area (Å²) < 4.78 is 51.2. The quantitative estimate of drug-likeness (QED) is 0.475. The summed E-state index contributed by atoms with van der Waals surface area (Å²) in [5.74, 6) is -5.28. The van der Waals surface area contributed by atoms with E-state index in [9.17, 15) is 22.8 Å². The molecule has 172 valence electrons. The standard InChI is InChI=1S/C23H20F3N3O4/c1-2-32-19-10-15(5-8-18(19)33-13-14-4-3-9-27-11-14)23(31)28-12-20(30)29-17-7-6-16(24)21(25)22(17)26/h3-11H,2,12-13H2,1H3,(H,28,31)(H,29,30). The highest BCUT2D eigenvalue weighted by molar-refractivity contribution is 5.99. The number of ether oxygens (including phenoxy) is 2. The van der Waals surface area contributed by atoms with E-state index in [1.165, 1.54) is 12.1 Å². The van der Waals surface area contributed by atoms with Gasteiger partial charge in [0.15, 0.2) is 29.0 Å². The van der Waals surface area contributed by atoms with Crippen LogP contribution in [-0.2, 0) is 11.4 Å². The van der Waals surface area contributed by atoms with Crippen LogP contribution in [0.3, 0.4) is 0 Å². The van der Waals surface area contributed by atoms with Crippen LogP contribution in [0.1, 0.15) is 22.8 Å². The molecule has 0 unspecified atom stereocenters. The molecule has 0 fully saturated rings. The molecule has 2 N–H and O–H groups in total. The summed E-state index contributed by atoms with van der Waals surface area (Å²) in [6.07, 6.45) is 3.32. The van der Waals surface area contributed by atoms with E-state index >= 15 is 0 Å². The Bertz CT molecular complexity index is 1140. The van der Waals surface area contributed by atoms with E-state index in [2.05, 4.69) is 15.6 Å². The molecule has 0 aliphatic rings. The van der Waals surface area contributed by atoms with E-state index in [0.717, 1.165) is 11.6 Å². The molecule has 3 rings (SSSR count). The molecular formula is C23H20F3N3O4. The second kappa shape index (κ2) is 11.0. The van der Waals surface area contributed by atoms with Gasteiger partial charge in [-0.2, -0.15) is 0 Å². The number of carbonyl (C=O) groups excluding carboxylic acids is 2. The lowest BCUT2D eigenvalue weighted by Gasteiger charge is -2.13. The summed E-state index contributed by atoms with van der Waals surface area (Å²) in [4.78, 5) is 28.4. The van der Waals surface area contributed by atoms with E-state index in [1.54, 1.807) is 31.5 Å². The van der Waals surface area contributed by atoms with Crippen molar-refractivity contribution in [2.75, 3.05) is 18.5 Å². The lowest BCUT2D eigenvalue weighted by molar-refractivity contribution is -0.115. The zero-order valence-corrected chi connectivity index (χ0v) is 17.5. The van der Waals surface area contributed by atoms with Gasteiger partial charge in [-0.05, 0) is 43.3 Å². The molecule has 0 atom stereocenters. The minimum Gasteiger partial charge on any atom is -0.490 e. The highest BCUT2D eigenvalue weighted by Crippen LogP contribution is 2.29. The van der Waals surface area contributed by atoms with Gasteiger partial charge in [-0.15, -0.1) is 0 Å². The Morgan fingerprint density at radius 1 is 1.00 bits per heavy atom. The molecule has 1 heterocycles. The number of halogens is 3. The zero-order valence-electron chi connectivity index (χ0n) is 17.5. The van der Waals surface area contributed by atoms with E-state index in [4.69, 9.17) is 9.47 Å². The van der Waals surface area contributed by atoms with Gasteiger partial charge in [-0.25, -0.2) is 13.2 Å². The third-order valence-electron chi connectivity index (χ3n) is 4.34. The van der Waals surface area contributed by atoms with E-state index in [1.807, 2.05) is 6.07 Å². The predicted molar refractivity (Wildman–Crippen MR) is 113 cm³/mol. The van der Waals surface area contributed by atoms with Crippen molar-refractivity contribution in [3.63, 3.8) is 0 Å². The topological polar surface area (TPSA) is 89.5 Å². The van der Waals surface area contributed by atoms with Crippen molar-refractivity contribution in [3.8, 4) is 11.5 Å². The van der Waals surface area contributed by atoms with Crippen molar-refractivity contribution >= 4 is 17.5 Å². The van der Waals surface area contributed by atoms with Crippen LogP contribution in [0.15, 0.2) is 54.9 Å². The van der Waals surface area contributed by atoms with Crippen LogP contribution < -0.4 is 20.1 Å². The van der Waals surface area contributed by atoms with Gasteiger partial charge in [0.05, 0.1) is 18.8 Å². The van der Waals surface area contributed by atoms with Gasteiger partial charge in [0.1, 0.15) is 6.61 Å². The molecule has 2 aromatic carbocycles. The number of anilines is 1. The highest BCUT2D eigenvalue weighted by Gasteiger charge is 2.17. The molecular weight excluding hydrogens is 439 g/mol. The molecule has 0 saturated heterocycles. The molecule has 0 saturated carbocycles. The lowest BCUT2D eigenvalue weighted by atomic mass is 10.2. The maximum Gasteiger partial charge on any atom is 0.251 e. The molecule has 0 aliphatic heterocycles. The number of benzene rings is 2. The van der Waals surface area contributed by atoms with Gasteiger partial charge in [0.25, 0.3) is 5.91 Å². The number of aromatic nitrogens is 1. The first kappa shape index (κ1) is 23.6. The van der Waals surface area contributed by atoms with E-state index < -0.39 is 41.5 Å². The third-order valence-corrected chi connectivity index (χ3v) is 4.34. The van der Waals surface area contributed by atoms with Crippen molar-refractivity contribution in [1.82, 2.24) is 10.3 Å². The first-order chi connectivity index (χ1) is 15.9. The molecule has 2 amide bonds. The van der Waals surface area contributed by atoms with Gasteiger partial charge >= 0.3 is 0 Å². The minimum absolute atomic E-state index is 0.194. The smallest absolute Gasteiger partial charge is 0.251 e. The van der Waals surface area contributed by atoms with Crippen LogP contribution in [0.5, 0.6) is 11.5 Å². The van der Waals surface area contributed by atoms with Crippen molar-refractivity contribution in [2.45, 2.75) is 13.5 Å². The minimum atomic E-state index is -1.70. The van der Waals surface area contributed by atoms with Crippen molar-refractivity contribution < 1.29 is 32.2 Å².